The van der Waals surface area contributed by atoms with Gasteiger partial charge < -0.3 is 4.90 Å². The normalized spacial score (nSPS) is 23.2. The number of carbonyl (C=O) groups excluding carboxylic acids is 1. The molecule has 0 radical (unpaired) electrons. The molecule has 1 amide bonds. The lowest BCUT2D eigenvalue weighted by Gasteiger charge is -2.34. The predicted octanol–water partition coefficient (Wildman–Crippen LogP) is 2.66. The lowest BCUT2D eigenvalue weighted by Crippen LogP contribution is -2.48. The minimum Gasteiger partial charge on any atom is -0.340 e. The van der Waals surface area contributed by atoms with Crippen molar-refractivity contribution in [1.82, 2.24) is 19.6 Å². The fourth-order valence-electron chi connectivity index (χ4n) is 4.01. The Kier molecular flexibility index (Phi) is 4.81. The van der Waals surface area contributed by atoms with Gasteiger partial charge in [0.15, 0.2) is 0 Å². The first-order chi connectivity index (χ1) is 12.7. The summed E-state index contributed by atoms with van der Waals surface area (Å²) < 4.78 is 2.00. The molecule has 1 aromatic heterocycles. The van der Waals surface area contributed by atoms with Crippen LogP contribution < -0.4 is 0 Å². The van der Waals surface area contributed by atoms with Crippen LogP contribution in [0.25, 0.3) is 0 Å². The molecular weight excluding hydrogens is 324 g/mol. The lowest BCUT2D eigenvalue weighted by molar-refractivity contribution is -0.134. The maximum absolute atomic E-state index is 12.8. The summed E-state index contributed by atoms with van der Waals surface area (Å²) >= 11 is 0. The predicted molar refractivity (Wildman–Crippen MR) is 102 cm³/mol. The molecule has 5 heteroatoms. The van der Waals surface area contributed by atoms with Gasteiger partial charge in [-0.05, 0) is 31.7 Å². The number of hydrogen-bond acceptors (Lipinski definition) is 3. The SMILES string of the molecule is CCn1cc(CN2CCN(C(=O)C3CC3c3ccccc3)CC2)c(C)n1. The largest absolute Gasteiger partial charge is 0.340 e. The van der Waals surface area contributed by atoms with Crippen LogP contribution in [0.2, 0.25) is 0 Å². The average molecular weight is 352 g/mol. The Labute approximate surface area is 155 Å². The van der Waals surface area contributed by atoms with Gasteiger partial charge in [-0.2, -0.15) is 5.10 Å². The fraction of sp³-hybridized carbons (Fsp3) is 0.524. The second-order valence-corrected chi connectivity index (χ2v) is 7.56. The summed E-state index contributed by atoms with van der Waals surface area (Å²) in [5.41, 5.74) is 3.74. The van der Waals surface area contributed by atoms with Crippen molar-refractivity contribution in [2.45, 2.75) is 39.3 Å². The summed E-state index contributed by atoms with van der Waals surface area (Å²) in [7, 11) is 0. The molecule has 1 aliphatic heterocycles. The molecule has 26 heavy (non-hydrogen) atoms. The first-order valence-corrected chi connectivity index (χ1v) is 9.74. The zero-order valence-corrected chi connectivity index (χ0v) is 15.8. The van der Waals surface area contributed by atoms with E-state index in [1.54, 1.807) is 0 Å². The van der Waals surface area contributed by atoms with Crippen molar-refractivity contribution in [2.24, 2.45) is 5.92 Å². The van der Waals surface area contributed by atoms with Crippen molar-refractivity contribution < 1.29 is 4.79 Å². The Hall–Kier alpha value is -2.14. The molecule has 2 aromatic rings. The van der Waals surface area contributed by atoms with Gasteiger partial charge in [-0.1, -0.05) is 30.3 Å². The zero-order chi connectivity index (χ0) is 18.1. The van der Waals surface area contributed by atoms with Crippen molar-refractivity contribution in [3.05, 3.63) is 53.3 Å². The van der Waals surface area contributed by atoms with E-state index in [9.17, 15) is 4.79 Å². The summed E-state index contributed by atoms with van der Waals surface area (Å²) in [4.78, 5) is 17.3. The van der Waals surface area contributed by atoms with E-state index in [2.05, 4.69) is 59.2 Å². The summed E-state index contributed by atoms with van der Waals surface area (Å²) in [6.07, 6.45) is 3.17. The molecular formula is C21H28N4O. The van der Waals surface area contributed by atoms with Crippen LogP contribution in [-0.2, 0) is 17.9 Å². The maximum Gasteiger partial charge on any atom is 0.226 e. The smallest absolute Gasteiger partial charge is 0.226 e. The molecule has 1 saturated carbocycles. The highest BCUT2D eigenvalue weighted by atomic mass is 16.2. The third kappa shape index (κ3) is 3.54. The number of carbonyl (C=O) groups is 1. The highest BCUT2D eigenvalue weighted by Gasteiger charge is 2.45. The summed E-state index contributed by atoms with van der Waals surface area (Å²) in [6.45, 7) is 9.63. The van der Waals surface area contributed by atoms with E-state index in [4.69, 9.17) is 0 Å². The molecule has 2 atom stereocenters. The number of hydrogen-bond donors (Lipinski definition) is 0. The minimum atomic E-state index is 0.203. The number of piperazine rings is 1. The lowest BCUT2D eigenvalue weighted by atomic mass is 10.1. The number of aromatic nitrogens is 2. The van der Waals surface area contributed by atoms with Crippen LogP contribution >= 0.6 is 0 Å². The van der Waals surface area contributed by atoms with Gasteiger partial charge >= 0.3 is 0 Å². The van der Waals surface area contributed by atoms with Crippen molar-refractivity contribution in [2.75, 3.05) is 26.2 Å². The summed E-state index contributed by atoms with van der Waals surface area (Å²) in [6, 6.07) is 10.5. The Bertz CT molecular complexity index is 762. The molecule has 2 aliphatic rings. The first kappa shape index (κ1) is 17.3. The van der Waals surface area contributed by atoms with Gasteiger partial charge in [0.05, 0.1) is 5.69 Å². The topological polar surface area (TPSA) is 41.4 Å². The molecule has 1 aliphatic carbocycles. The van der Waals surface area contributed by atoms with Gasteiger partial charge in [-0.3, -0.25) is 14.4 Å². The van der Waals surface area contributed by atoms with Crippen LogP contribution in [0, 0.1) is 12.8 Å². The van der Waals surface area contributed by atoms with Gasteiger partial charge in [0.2, 0.25) is 5.91 Å². The molecule has 138 valence electrons. The van der Waals surface area contributed by atoms with Crippen molar-refractivity contribution in [3.63, 3.8) is 0 Å². The summed E-state index contributed by atoms with van der Waals surface area (Å²) in [5.74, 6) is 0.992. The first-order valence-electron chi connectivity index (χ1n) is 9.74. The van der Waals surface area contributed by atoms with Crippen molar-refractivity contribution in [1.29, 1.82) is 0 Å². The van der Waals surface area contributed by atoms with Crippen LogP contribution in [0.15, 0.2) is 36.5 Å². The fourth-order valence-corrected chi connectivity index (χ4v) is 4.01. The van der Waals surface area contributed by atoms with Crippen LogP contribution in [0.1, 0.15) is 36.1 Å². The Morgan fingerprint density at radius 2 is 1.88 bits per heavy atom. The number of aryl methyl sites for hydroxylation is 2. The van der Waals surface area contributed by atoms with Gasteiger partial charge in [0.1, 0.15) is 0 Å². The van der Waals surface area contributed by atoms with E-state index < -0.39 is 0 Å². The molecule has 1 aromatic carbocycles. The highest BCUT2D eigenvalue weighted by molar-refractivity contribution is 5.83. The quantitative estimate of drug-likeness (QED) is 0.831. The molecule has 1 saturated heterocycles. The van der Waals surface area contributed by atoms with Crippen molar-refractivity contribution >= 4 is 5.91 Å². The Morgan fingerprint density at radius 1 is 1.15 bits per heavy atom. The van der Waals surface area contributed by atoms with Gasteiger partial charge in [-0.15, -0.1) is 0 Å². The van der Waals surface area contributed by atoms with Crippen LogP contribution in [-0.4, -0.2) is 51.7 Å². The molecule has 0 bridgehead atoms. The monoisotopic (exact) mass is 352 g/mol. The average Bonchev–Trinajstić information content (AvgIpc) is 3.41. The van der Waals surface area contributed by atoms with E-state index in [1.165, 1.54) is 11.1 Å². The number of rotatable bonds is 5. The molecule has 2 fully saturated rings. The second kappa shape index (κ2) is 7.23. The van der Waals surface area contributed by atoms with Gasteiger partial charge in [0, 0.05) is 56.9 Å². The van der Waals surface area contributed by atoms with E-state index in [0.29, 0.717) is 11.8 Å². The third-order valence-corrected chi connectivity index (χ3v) is 5.79. The van der Waals surface area contributed by atoms with Gasteiger partial charge in [0.25, 0.3) is 0 Å². The van der Waals surface area contributed by atoms with E-state index >= 15 is 0 Å². The molecule has 5 nitrogen and oxygen atoms in total. The second-order valence-electron chi connectivity index (χ2n) is 7.56. The maximum atomic E-state index is 12.8. The molecule has 0 spiro atoms. The Balaban J connectivity index is 1.28. The Morgan fingerprint density at radius 3 is 2.54 bits per heavy atom. The van der Waals surface area contributed by atoms with E-state index in [-0.39, 0.29) is 5.92 Å². The molecule has 2 unspecified atom stereocenters. The number of benzene rings is 1. The van der Waals surface area contributed by atoms with Crippen LogP contribution in [0.5, 0.6) is 0 Å². The van der Waals surface area contributed by atoms with Crippen molar-refractivity contribution in [3.8, 4) is 0 Å². The highest BCUT2D eigenvalue weighted by Crippen LogP contribution is 2.48. The molecule has 0 N–H and O–H groups in total. The van der Waals surface area contributed by atoms with E-state index in [1.807, 2.05) is 10.7 Å². The summed E-state index contributed by atoms with van der Waals surface area (Å²) in [5, 5.41) is 4.53. The third-order valence-electron chi connectivity index (χ3n) is 5.79. The van der Waals surface area contributed by atoms with E-state index in [0.717, 1.165) is 51.4 Å². The zero-order valence-electron chi connectivity index (χ0n) is 15.8. The number of amides is 1. The van der Waals surface area contributed by atoms with Crippen LogP contribution in [0.3, 0.4) is 0 Å². The number of nitrogens with zero attached hydrogens (tertiary/aromatic N) is 4. The minimum absolute atomic E-state index is 0.203. The molecule has 2 heterocycles. The van der Waals surface area contributed by atoms with Gasteiger partial charge in [-0.25, -0.2) is 0 Å². The molecule has 4 rings (SSSR count). The standard InChI is InChI=1S/C21H28N4O/c1-3-25-15-18(16(2)22-25)14-23-9-11-24(12-10-23)21(26)20-13-19(20)17-7-5-4-6-8-17/h4-8,15,19-20H,3,9-14H2,1-2H3. The van der Waals surface area contributed by atoms with Crippen LogP contribution in [0.4, 0.5) is 0 Å².